The zero-order chi connectivity index (χ0) is 32.8. The van der Waals surface area contributed by atoms with E-state index in [4.69, 9.17) is 23.7 Å². The number of likely N-dealkylation sites (tertiary alicyclic amines) is 1. The number of hydrogen-bond donors (Lipinski definition) is 3. The number of urea groups is 1. The Kier molecular flexibility index (Phi) is 9.99. The number of benzene rings is 4. The molecule has 0 aliphatic carbocycles. The molecule has 48 heavy (non-hydrogen) atoms. The van der Waals surface area contributed by atoms with E-state index in [9.17, 15) is 9.90 Å². The largest absolute Gasteiger partial charge is 0.457 e. The zero-order valence-electron chi connectivity index (χ0n) is 26.8. The van der Waals surface area contributed by atoms with Gasteiger partial charge in [0.15, 0.2) is 12.1 Å². The van der Waals surface area contributed by atoms with Gasteiger partial charge in [-0.05, 0) is 59.7 Å². The first-order chi connectivity index (χ1) is 23.5. The number of nitrogens with one attached hydrogen (secondary N) is 2. The number of rotatable bonds is 9. The molecule has 3 heterocycles. The number of amides is 2. The molecular formula is C38H41N3O7. The number of aliphatic hydroxyl groups excluding tert-OH is 1. The third-order valence-corrected chi connectivity index (χ3v) is 9.02. The van der Waals surface area contributed by atoms with Crippen molar-refractivity contribution in [2.75, 3.05) is 43.5 Å². The van der Waals surface area contributed by atoms with Crippen LogP contribution in [0.4, 0.5) is 16.2 Å². The number of carbonyl (C=O) groups is 1. The van der Waals surface area contributed by atoms with Crippen molar-refractivity contribution in [3.63, 3.8) is 0 Å². The molecule has 250 valence electrons. The van der Waals surface area contributed by atoms with Gasteiger partial charge in [-0.1, -0.05) is 54.6 Å². The Morgan fingerprint density at radius 1 is 0.792 bits per heavy atom. The third-order valence-electron chi connectivity index (χ3n) is 9.02. The van der Waals surface area contributed by atoms with E-state index in [-0.39, 0.29) is 24.8 Å². The van der Waals surface area contributed by atoms with Gasteiger partial charge in [0.1, 0.15) is 11.5 Å². The molecule has 0 aromatic heterocycles. The number of nitrogens with zero attached hydrogens (tertiary/aromatic N) is 1. The predicted molar refractivity (Wildman–Crippen MR) is 181 cm³/mol. The van der Waals surface area contributed by atoms with E-state index in [0.717, 1.165) is 54.9 Å². The Morgan fingerprint density at radius 2 is 1.50 bits per heavy atom. The minimum Gasteiger partial charge on any atom is -0.457 e. The molecule has 3 aliphatic heterocycles. The molecule has 3 aliphatic rings. The highest BCUT2D eigenvalue weighted by Gasteiger charge is 2.41. The third kappa shape index (κ3) is 8.04. The molecule has 3 N–H and O–H groups in total. The zero-order valence-corrected chi connectivity index (χ0v) is 26.8. The highest BCUT2D eigenvalue weighted by atomic mass is 16.7. The van der Waals surface area contributed by atoms with Crippen molar-refractivity contribution in [3.8, 4) is 11.5 Å². The van der Waals surface area contributed by atoms with Gasteiger partial charge in [0, 0.05) is 55.8 Å². The molecule has 3 saturated heterocycles. The fraction of sp³-hybridized carbons (Fsp3) is 0.342. The minimum absolute atomic E-state index is 0.00853. The van der Waals surface area contributed by atoms with Crippen LogP contribution in [0.5, 0.6) is 11.5 Å². The van der Waals surface area contributed by atoms with Crippen LogP contribution in [-0.2, 0) is 25.6 Å². The van der Waals surface area contributed by atoms with Crippen LogP contribution < -0.4 is 15.4 Å². The normalized spacial score (nSPS) is 22.3. The number of piperidine rings is 1. The molecule has 0 unspecified atom stereocenters. The second kappa shape index (κ2) is 14.9. The van der Waals surface area contributed by atoms with Crippen molar-refractivity contribution in [1.82, 2.24) is 4.90 Å². The number of aliphatic hydroxyl groups is 1. The maximum absolute atomic E-state index is 12.9. The van der Waals surface area contributed by atoms with Gasteiger partial charge in [0.25, 0.3) is 0 Å². The van der Waals surface area contributed by atoms with E-state index in [1.165, 1.54) is 0 Å². The molecule has 3 atom stereocenters. The molecular weight excluding hydrogens is 610 g/mol. The fourth-order valence-electron chi connectivity index (χ4n) is 6.47. The van der Waals surface area contributed by atoms with Gasteiger partial charge in [0.2, 0.25) is 0 Å². The smallest absolute Gasteiger partial charge is 0.323 e. The molecule has 1 spiro atoms. The van der Waals surface area contributed by atoms with Crippen molar-refractivity contribution >= 4 is 17.4 Å². The summed E-state index contributed by atoms with van der Waals surface area (Å²) in [5.41, 5.74) is 3.94. The summed E-state index contributed by atoms with van der Waals surface area (Å²) in [4.78, 5) is 15.4. The van der Waals surface area contributed by atoms with Gasteiger partial charge in [0.05, 0.1) is 32.0 Å². The van der Waals surface area contributed by atoms with Crippen molar-refractivity contribution in [2.24, 2.45) is 0 Å². The molecule has 7 rings (SSSR count). The topological polar surface area (TPSA) is 111 Å². The minimum atomic E-state index is -0.633. The Morgan fingerprint density at radius 3 is 2.23 bits per heavy atom. The van der Waals surface area contributed by atoms with Crippen molar-refractivity contribution in [2.45, 2.75) is 50.2 Å². The van der Waals surface area contributed by atoms with Crippen LogP contribution in [0.3, 0.4) is 0 Å². The summed E-state index contributed by atoms with van der Waals surface area (Å²) in [6.45, 7) is 3.82. The second-order valence-corrected chi connectivity index (χ2v) is 12.4. The molecule has 0 radical (unpaired) electrons. The molecule has 2 amide bonds. The first-order valence-corrected chi connectivity index (χ1v) is 16.5. The van der Waals surface area contributed by atoms with Crippen LogP contribution in [-0.4, -0.2) is 60.8 Å². The summed E-state index contributed by atoms with van der Waals surface area (Å²) in [5, 5.41) is 15.4. The lowest BCUT2D eigenvalue weighted by molar-refractivity contribution is -0.255. The Hall–Kier alpha value is -4.29. The highest BCUT2D eigenvalue weighted by Crippen LogP contribution is 2.39. The quantitative estimate of drug-likeness (QED) is 0.178. The summed E-state index contributed by atoms with van der Waals surface area (Å²) >= 11 is 0. The Balaban J connectivity index is 1.00. The van der Waals surface area contributed by atoms with Crippen molar-refractivity contribution in [3.05, 3.63) is 120 Å². The SMILES string of the molecule is O=C(Nc1ccc(Oc2ccccc2)cc1)Nc1cccc([C@H]2O[C@@H](CN3CCC4(CC3)OCCO4)C[C@@H](c3ccc(CO)cc3)O2)c1. The molecule has 10 nitrogen and oxygen atoms in total. The summed E-state index contributed by atoms with van der Waals surface area (Å²) < 4.78 is 30.8. The van der Waals surface area contributed by atoms with E-state index >= 15 is 0 Å². The molecule has 4 aromatic carbocycles. The van der Waals surface area contributed by atoms with E-state index in [1.807, 2.05) is 91.0 Å². The van der Waals surface area contributed by atoms with Crippen LogP contribution in [0.25, 0.3) is 0 Å². The van der Waals surface area contributed by atoms with Crippen LogP contribution in [0, 0.1) is 0 Å². The van der Waals surface area contributed by atoms with Gasteiger partial charge >= 0.3 is 6.03 Å². The molecule has 3 fully saturated rings. The summed E-state index contributed by atoms with van der Waals surface area (Å²) in [6.07, 6.45) is 1.46. The number of anilines is 2. The summed E-state index contributed by atoms with van der Waals surface area (Å²) in [5.74, 6) is 0.995. The van der Waals surface area contributed by atoms with Crippen LogP contribution in [0.2, 0.25) is 0 Å². The van der Waals surface area contributed by atoms with Crippen molar-refractivity contribution in [1.29, 1.82) is 0 Å². The van der Waals surface area contributed by atoms with E-state index in [1.54, 1.807) is 12.1 Å². The van der Waals surface area contributed by atoms with Gasteiger partial charge < -0.3 is 44.3 Å². The summed E-state index contributed by atoms with van der Waals surface area (Å²) in [7, 11) is 0. The van der Waals surface area contributed by atoms with Gasteiger partial charge in [-0.3, -0.25) is 0 Å². The Labute approximate surface area is 280 Å². The Bertz CT molecular complexity index is 1640. The highest BCUT2D eigenvalue weighted by molar-refractivity contribution is 5.99. The molecule has 10 heteroatoms. The first-order valence-electron chi connectivity index (χ1n) is 16.5. The van der Waals surface area contributed by atoms with E-state index in [0.29, 0.717) is 36.8 Å². The number of carbonyl (C=O) groups excluding carboxylic acids is 1. The number of hydrogen-bond acceptors (Lipinski definition) is 8. The average molecular weight is 652 g/mol. The molecule has 4 aromatic rings. The van der Waals surface area contributed by atoms with Gasteiger partial charge in [-0.25, -0.2) is 4.79 Å². The lowest BCUT2D eigenvalue weighted by atomic mass is 9.98. The van der Waals surface area contributed by atoms with E-state index < -0.39 is 12.1 Å². The first kappa shape index (κ1) is 32.3. The van der Waals surface area contributed by atoms with E-state index in [2.05, 4.69) is 15.5 Å². The average Bonchev–Trinajstić information content (AvgIpc) is 3.58. The van der Waals surface area contributed by atoms with Gasteiger partial charge in [-0.15, -0.1) is 0 Å². The van der Waals surface area contributed by atoms with Crippen LogP contribution in [0.15, 0.2) is 103 Å². The number of ether oxygens (including phenoxy) is 5. The maximum Gasteiger partial charge on any atom is 0.323 e. The van der Waals surface area contributed by atoms with Crippen LogP contribution in [0.1, 0.15) is 48.3 Å². The van der Waals surface area contributed by atoms with Gasteiger partial charge in [-0.2, -0.15) is 0 Å². The van der Waals surface area contributed by atoms with Crippen LogP contribution >= 0.6 is 0 Å². The fourth-order valence-corrected chi connectivity index (χ4v) is 6.47. The predicted octanol–water partition coefficient (Wildman–Crippen LogP) is 7.00. The monoisotopic (exact) mass is 651 g/mol. The summed E-state index contributed by atoms with van der Waals surface area (Å²) in [6, 6.07) is 31.8. The molecule has 0 saturated carbocycles. The molecule has 0 bridgehead atoms. The second-order valence-electron chi connectivity index (χ2n) is 12.4. The standard InChI is InChI=1S/C38H41N3O7/c42-26-27-9-11-28(12-10-27)35-24-34(25-41-19-17-38(18-20-41)44-21-22-45-38)47-36(48-35)29-5-4-6-31(23-29)40-37(43)39-30-13-15-33(16-14-30)46-32-7-2-1-3-8-32/h1-16,23,34-36,42H,17-22,24-26H2,(H2,39,40,43)/t34-,35+,36+/m1/s1. The maximum atomic E-state index is 12.9. The lowest BCUT2D eigenvalue weighted by Gasteiger charge is -2.41. The lowest BCUT2D eigenvalue weighted by Crippen LogP contribution is -2.48. The van der Waals surface area contributed by atoms with Crippen molar-refractivity contribution < 1.29 is 33.6 Å². The number of para-hydroxylation sites is 1.